The quantitative estimate of drug-likeness (QED) is 0.338. The number of benzene rings is 2. The number of ether oxygens (including phenoxy) is 4. The van der Waals surface area contributed by atoms with Crippen molar-refractivity contribution in [2.75, 3.05) is 27.4 Å². The van der Waals surface area contributed by atoms with E-state index in [1.807, 2.05) is 74.5 Å². The Morgan fingerprint density at radius 1 is 0.727 bits per heavy atom. The zero-order chi connectivity index (χ0) is 23.6. The topological polar surface area (TPSA) is 63.0 Å². The Hall–Kier alpha value is -3.67. The van der Waals surface area contributed by atoms with Crippen LogP contribution in [0.4, 0.5) is 0 Å². The molecular formula is C27H31NO5. The molecule has 1 heterocycles. The molecule has 3 aromatic rings. The summed E-state index contributed by atoms with van der Waals surface area (Å²) in [6.45, 7) is 7.15. The van der Waals surface area contributed by atoms with Crippen LogP contribution in [-0.4, -0.2) is 32.6 Å². The van der Waals surface area contributed by atoms with Gasteiger partial charge in [0.25, 0.3) is 0 Å². The Bertz CT molecular complexity index is 1030. The molecule has 174 valence electrons. The summed E-state index contributed by atoms with van der Waals surface area (Å²) < 4.78 is 27.7. The third-order valence-corrected chi connectivity index (χ3v) is 5.04. The molecule has 0 radical (unpaired) electrons. The molecule has 2 aromatic carbocycles. The van der Waals surface area contributed by atoms with Gasteiger partial charge in [-0.2, -0.15) is 0 Å². The second-order valence-corrected chi connectivity index (χ2v) is 7.12. The molecule has 0 aliphatic carbocycles. The molecule has 0 saturated heterocycles. The third-order valence-electron chi connectivity index (χ3n) is 5.04. The van der Waals surface area contributed by atoms with Crippen LogP contribution in [0.1, 0.15) is 48.9 Å². The number of nitrogens with zero attached hydrogens (tertiary/aromatic N) is 1. The van der Waals surface area contributed by atoms with Crippen LogP contribution >= 0.6 is 0 Å². The molecule has 0 aliphatic rings. The van der Waals surface area contributed by atoms with Crippen LogP contribution in [-0.2, 0) is 6.42 Å². The zero-order valence-corrected chi connectivity index (χ0v) is 19.9. The van der Waals surface area contributed by atoms with Crippen molar-refractivity contribution >= 4 is 24.3 Å². The van der Waals surface area contributed by atoms with Crippen molar-refractivity contribution in [3.05, 3.63) is 64.5 Å². The summed E-state index contributed by atoms with van der Waals surface area (Å²) in [5, 5.41) is 4.26. The summed E-state index contributed by atoms with van der Waals surface area (Å²) in [6.07, 6.45) is 8.64. The average Bonchev–Trinajstić information content (AvgIpc) is 3.24. The molecule has 0 fully saturated rings. The van der Waals surface area contributed by atoms with Crippen LogP contribution in [0.5, 0.6) is 23.0 Å². The van der Waals surface area contributed by atoms with Crippen LogP contribution in [0.25, 0.3) is 24.3 Å². The van der Waals surface area contributed by atoms with Gasteiger partial charge in [-0.1, -0.05) is 36.4 Å². The van der Waals surface area contributed by atoms with Crippen LogP contribution in [0, 0.1) is 0 Å². The summed E-state index contributed by atoms with van der Waals surface area (Å²) >= 11 is 0. The Morgan fingerprint density at radius 2 is 1.27 bits per heavy atom. The SMILES string of the molecule is CCOc1ccc(C=Cc2noc(C=Cc3ccc(OCC)c(OC)c3)c2CC)cc1OC. The number of hydrogen-bond acceptors (Lipinski definition) is 6. The van der Waals surface area contributed by atoms with E-state index in [1.54, 1.807) is 14.2 Å². The molecule has 0 N–H and O–H groups in total. The van der Waals surface area contributed by atoms with E-state index >= 15 is 0 Å². The molecule has 0 aliphatic heterocycles. The molecule has 3 rings (SSSR count). The molecule has 0 saturated carbocycles. The highest BCUT2D eigenvalue weighted by molar-refractivity contribution is 5.75. The monoisotopic (exact) mass is 449 g/mol. The fraction of sp³-hybridized carbons (Fsp3) is 0.296. The van der Waals surface area contributed by atoms with E-state index in [1.165, 1.54) is 0 Å². The highest BCUT2D eigenvalue weighted by atomic mass is 16.5. The molecule has 0 amide bonds. The van der Waals surface area contributed by atoms with Crippen LogP contribution in [0.15, 0.2) is 40.9 Å². The normalized spacial score (nSPS) is 11.3. The van der Waals surface area contributed by atoms with Crippen molar-refractivity contribution in [3.63, 3.8) is 0 Å². The van der Waals surface area contributed by atoms with E-state index in [4.69, 9.17) is 23.5 Å². The lowest BCUT2D eigenvalue weighted by molar-refractivity contribution is 0.311. The Kier molecular flexibility index (Phi) is 8.58. The van der Waals surface area contributed by atoms with E-state index in [2.05, 4.69) is 12.1 Å². The molecule has 0 bridgehead atoms. The first-order valence-corrected chi connectivity index (χ1v) is 11.1. The predicted molar refractivity (Wildman–Crippen MR) is 132 cm³/mol. The molecule has 1 aromatic heterocycles. The predicted octanol–water partition coefficient (Wildman–Crippen LogP) is 6.39. The Balaban J connectivity index is 1.80. The van der Waals surface area contributed by atoms with E-state index in [-0.39, 0.29) is 0 Å². The van der Waals surface area contributed by atoms with Crippen LogP contribution in [0.2, 0.25) is 0 Å². The van der Waals surface area contributed by atoms with E-state index < -0.39 is 0 Å². The second-order valence-electron chi connectivity index (χ2n) is 7.12. The van der Waals surface area contributed by atoms with Gasteiger partial charge in [0.05, 0.1) is 27.4 Å². The van der Waals surface area contributed by atoms with Gasteiger partial charge in [0, 0.05) is 5.56 Å². The summed E-state index contributed by atoms with van der Waals surface area (Å²) in [5.41, 5.74) is 3.80. The molecule has 0 spiro atoms. The molecular weight excluding hydrogens is 418 g/mol. The van der Waals surface area contributed by atoms with E-state index in [9.17, 15) is 0 Å². The standard InChI is InChI=1S/C27H31NO5/c1-6-21-22(13-9-19-11-15-24(31-7-2)26(17-19)29-4)28-33-23(21)14-10-20-12-16-25(32-8-3)27(18-20)30-5/h9-18H,6-8H2,1-5H3. The summed E-state index contributed by atoms with van der Waals surface area (Å²) in [7, 11) is 3.27. The fourth-order valence-electron chi connectivity index (χ4n) is 3.42. The van der Waals surface area contributed by atoms with Gasteiger partial charge < -0.3 is 23.5 Å². The van der Waals surface area contributed by atoms with Crippen molar-refractivity contribution in [2.24, 2.45) is 0 Å². The maximum atomic E-state index is 5.62. The average molecular weight is 450 g/mol. The lowest BCUT2D eigenvalue weighted by Crippen LogP contribution is -1.95. The third kappa shape index (κ3) is 5.98. The number of rotatable bonds is 11. The summed E-state index contributed by atoms with van der Waals surface area (Å²) in [5.74, 6) is 3.58. The van der Waals surface area contributed by atoms with Gasteiger partial charge in [0.2, 0.25) is 0 Å². The smallest absolute Gasteiger partial charge is 0.163 e. The van der Waals surface area contributed by atoms with E-state index in [0.717, 1.165) is 46.1 Å². The Labute approximate surface area is 195 Å². The first kappa shape index (κ1) is 24.0. The number of methoxy groups -OCH3 is 2. The minimum atomic E-state index is 0.587. The van der Waals surface area contributed by atoms with E-state index in [0.29, 0.717) is 24.7 Å². The molecule has 0 atom stereocenters. The molecule has 0 unspecified atom stereocenters. The maximum Gasteiger partial charge on any atom is 0.163 e. The molecule has 33 heavy (non-hydrogen) atoms. The Morgan fingerprint density at radius 3 is 1.76 bits per heavy atom. The fourth-order valence-corrected chi connectivity index (χ4v) is 3.42. The lowest BCUT2D eigenvalue weighted by Gasteiger charge is -2.09. The van der Waals surface area contributed by atoms with Crippen molar-refractivity contribution in [2.45, 2.75) is 27.2 Å². The van der Waals surface area contributed by atoms with Crippen molar-refractivity contribution < 1.29 is 23.5 Å². The van der Waals surface area contributed by atoms with Gasteiger partial charge in [-0.25, -0.2) is 0 Å². The molecule has 6 heteroatoms. The molecule has 6 nitrogen and oxygen atoms in total. The lowest BCUT2D eigenvalue weighted by atomic mass is 10.1. The minimum absolute atomic E-state index is 0.587. The zero-order valence-electron chi connectivity index (χ0n) is 19.9. The maximum absolute atomic E-state index is 5.62. The van der Waals surface area contributed by atoms with Crippen molar-refractivity contribution in [3.8, 4) is 23.0 Å². The largest absolute Gasteiger partial charge is 0.493 e. The number of aromatic nitrogens is 1. The first-order valence-electron chi connectivity index (χ1n) is 11.1. The number of hydrogen-bond donors (Lipinski definition) is 0. The van der Waals surface area contributed by atoms with Gasteiger partial charge in [0.1, 0.15) is 5.69 Å². The van der Waals surface area contributed by atoms with Gasteiger partial charge >= 0.3 is 0 Å². The summed E-state index contributed by atoms with van der Waals surface area (Å²) in [6, 6.07) is 11.6. The van der Waals surface area contributed by atoms with Gasteiger partial charge in [-0.3, -0.25) is 0 Å². The van der Waals surface area contributed by atoms with Gasteiger partial charge in [-0.15, -0.1) is 0 Å². The minimum Gasteiger partial charge on any atom is -0.493 e. The van der Waals surface area contributed by atoms with Crippen LogP contribution in [0.3, 0.4) is 0 Å². The van der Waals surface area contributed by atoms with Crippen LogP contribution < -0.4 is 18.9 Å². The van der Waals surface area contributed by atoms with Crippen molar-refractivity contribution in [1.82, 2.24) is 5.16 Å². The van der Waals surface area contributed by atoms with Gasteiger partial charge in [0.15, 0.2) is 28.8 Å². The van der Waals surface area contributed by atoms with Crippen molar-refractivity contribution in [1.29, 1.82) is 0 Å². The van der Waals surface area contributed by atoms with Gasteiger partial charge in [-0.05, 0) is 67.8 Å². The highest BCUT2D eigenvalue weighted by Crippen LogP contribution is 2.30. The second kappa shape index (κ2) is 11.8. The highest BCUT2D eigenvalue weighted by Gasteiger charge is 2.11. The first-order chi connectivity index (χ1) is 16.1. The summed E-state index contributed by atoms with van der Waals surface area (Å²) in [4.78, 5) is 0.